The second kappa shape index (κ2) is 5.91. The minimum Gasteiger partial charge on any atom is -0.350 e. The van der Waals surface area contributed by atoms with Gasteiger partial charge in [-0.2, -0.15) is 0 Å². The molecule has 1 N–H and O–H groups in total. The van der Waals surface area contributed by atoms with Crippen LogP contribution in [0.2, 0.25) is 0 Å². The van der Waals surface area contributed by atoms with Crippen LogP contribution in [0.5, 0.6) is 0 Å². The summed E-state index contributed by atoms with van der Waals surface area (Å²) in [6, 6.07) is 11.8. The molecule has 0 atom stereocenters. The average molecular weight is 244 g/mol. The van der Waals surface area contributed by atoms with E-state index in [2.05, 4.69) is 10.3 Å². The van der Waals surface area contributed by atoms with Crippen LogP contribution in [0.1, 0.15) is 11.3 Å². The molecular weight excluding hydrogens is 231 g/mol. The van der Waals surface area contributed by atoms with Crippen molar-refractivity contribution >= 4 is 5.91 Å². The summed E-state index contributed by atoms with van der Waals surface area (Å²) >= 11 is 0. The van der Waals surface area contributed by atoms with Gasteiger partial charge in [-0.3, -0.25) is 9.78 Å². The summed E-state index contributed by atoms with van der Waals surface area (Å²) in [5.74, 6) is -0.573. The van der Waals surface area contributed by atoms with Gasteiger partial charge in [0.25, 0.3) is 0 Å². The fraction of sp³-hybridized carbons (Fsp3) is 0.143. The number of nitrogens with zero attached hydrogens (tertiary/aromatic N) is 1. The molecule has 1 aromatic heterocycles. The van der Waals surface area contributed by atoms with Crippen LogP contribution in [-0.2, 0) is 17.8 Å². The summed E-state index contributed by atoms with van der Waals surface area (Å²) in [6.45, 7) is 0.355. The van der Waals surface area contributed by atoms with Crippen molar-refractivity contribution in [1.82, 2.24) is 10.3 Å². The van der Waals surface area contributed by atoms with E-state index in [1.165, 1.54) is 6.07 Å². The van der Waals surface area contributed by atoms with E-state index in [1.807, 2.05) is 18.2 Å². The molecule has 0 saturated carbocycles. The lowest BCUT2D eigenvalue weighted by Gasteiger charge is -2.05. The van der Waals surface area contributed by atoms with Crippen LogP contribution in [0.4, 0.5) is 4.39 Å². The number of halogens is 1. The van der Waals surface area contributed by atoms with Crippen molar-refractivity contribution in [2.75, 3.05) is 0 Å². The predicted octanol–water partition coefficient (Wildman–Crippen LogP) is 2.08. The third-order valence-corrected chi connectivity index (χ3v) is 2.50. The van der Waals surface area contributed by atoms with E-state index in [0.29, 0.717) is 12.1 Å². The number of carbonyl (C=O) groups excluding carboxylic acids is 1. The highest BCUT2D eigenvalue weighted by atomic mass is 19.1. The number of rotatable bonds is 4. The van der Waals surface area contributed by atoms with E-state index in [0.717, 1.165) is 5.69 Å². The first-order valence-electron chi connectivity index (χ1n) is 5.66. The van der Waals surface area contributed by atoms with E-state index in [4.69, 9.17) is 0 Å². The Hall–Kier alpha value is -2.23. The van der Waals surface area contributed by atoms with E-state index in [9.17, 15) is 9.18 Å². The lowest BCUT2D eigenvalue weighted by molar-refractivity contribution is -0.120. The first-order chi connectivity index (χ1) is 8.75. The molecule has 2 rings (SSSR count). The Morgan fingerprint density at radius 3 is 2.67 bits per heavy atom. The van der Waals surface area contributed by atoms with Crippen LogP contribution in [0.25, 0.3) is 0 Å². The largest absolute Gasteiger partial charge is 0.350 e. The second-order valence-corrected chi connectivity index (χ2v) is 3.87. The Morgan fingerprint density at radius 1 is 1.17 bits per heavy atom. The van der Waals surface area contributed by atoms with Crippen molar-refractivity contribution in [2.24, 2.45) is 0 Å². The van der Waals surface area contributed by atoms with Gasteiger partial charge >= 0.3 is 0 Å². The molecule has 0 unspecified atom stereocenters. The fourth-order valence-corrected chi connectivity index (χ4v) is 1.57. The molecule has 0 bridgehead atoms. The summed E-state index contributed by atoms with van der Waals surface area (Å²) in [7, 11) is 0. The zero-order valence-electron chi connectivity index (χ0n) is 9.77. The summed E-state index contributed by atoms with van der Waals surface area (Å²) in [4.78, 5) is 15.7. The van der Waals surface area contributed by atoms with Gasteiger partial charge in [-0.25, -0.2) is 4.39 Å². The predicted molar refractivity (Wildman–Crippen MR) is 66.2 cm³/mol. The number of hydrogen-bond acceptors (Lipinski definition) is 2. The summed E-state index contributed by atoms with van der Waals surface area (Å²) in [6.07, 6.45) is 1.71. The molecule has 0 fully saturated rings. The molecule has 2 aromatic rings. The van der Waals surface area contributed by atoms with Gasteiger partial charge in [0.2, 0.25) is 5.91 Å². The molecular formula is C14H13FN2O. The molecule has 0 aliphatic carbocycles. The molecule has 1 heterocycles. The number of carbonyl (C=O) groups is 1. The Kier molecular flexibility index (Phi) is 4.02. The number of pyridine rings is 1. The van der Waals surface area contributed by atoms with Crippen molar-refractivity contribution in [3.8, 4) is 0 Å². The molecule has 92 valence electrons. The Labute approximate surface area is 105 Å². The van der Waals surface area contributed by atoms with Crippen molar-refractivity contribution in [3.63, 3.8) is 0 Å². The number of nitrogens with one attached hydrogen (secondary N) is 1. The Bertz CT molecular complexity index is 528. The molecule has 0 saturated heterocycles. The minimum atomic E-state index is -0.356. The Balaban J connectivity index is 1.88. The highest BCUT2D eigenvalue weighted by molar-refractivity contribution is 5.78. The number of benzene rings is 1. The van der Waals surface area contributed by atoms with Crippen molar-refractivity contribution in [3.05, 3.63) is 65.7 Å². The Morgan fingerprint density at radius 2 is 1.94 bits per heavy atom. The first-order valence-corrected chi connectivity index (χ1v) is 5.66. The SMILES string of the molecule is O=C(Cc1ccccc1F)NCc1ccccn1. The standard InChI is InChI=1S/C14H13FN2O/c15-13-7-2-1-5-11(13)9-14(18)17-10-12-6-3-4-8-16-12/h1-8H,9-10H2,(H,17,18). The maximum atomic E-state index is 13.3. The molecule has 1 aromatic carbocycles. The smallest absolute Gasteiger partial charge is 0.224 e. The maximum absolute atomic E-state index is 13.3. The van der Waals surface area contributed by atoms with Crippen LogP contribution in [0.3, 0.4) is 0 Å². The first kappa shape index (κ1) is 12.2. The number of aromatic nitrogens is 1. The molecule has 18 heavy (non-hydrogen) atoms. The normalized spacial score (nSPS) is 10.1. The highest BCUT2D eigenvalue weighted by Crippen LogP contribution is 2.06. The van der Waals surface area contributed by atoms with E-state index >= 15 is 0 Å². The number of amides is 1. The van der Waals surface area contributed by atoms with Gasteiger partial charge in [-0.05, 0) is 23.8 Å². The van der Waals surface area contributed by atoms with Crippen LogP contribution < -0.4 is 5.32 Å². The van der Waals surface area contributed by atoms with Crippen molar-refractivity contribution in [2.45, 2.75) is 13.0 Å². The lowest BCUT2D eigenvalue weighted by atomic mass is 10.1. The molecule has 0 spiro atoms. The summed E-state index contributed by atoms with van der Waals surface area (Å²) < 4.78 is 13.3. The van der Waals surface area contributed by atoms with Gasteiger partial charge in [0.1, 0.15) is 5.82 Å². The van der Waals surface area contributed by atoms with E-state index in [-0.39, 0.29) is 18.1 Å². The van der Waals surface area contributed by atoms with Crippen LogP contribution in [0, 0.1) is 5.82 Å². The molecule has 4 heteroatoms. The fourth-order valence-electron chi connectivity index (χ4n) is 1.57. The van der Waals surface area contributed by atoms with Gasteiger partial charge in [0.05, 0.1) is 18.7 Å². The van der Waals surface area contributed by atoms with Crippen molar-refractivity contribution in [1.29, 1.82) is 0 Å². The van der Waals surface area contributed by atoms with Crippen LogP contribution in [-0.4, -0.2) is 10.9 Å². The van der Waals surface area contributed by atoms with E-state index < -0.39 is 0 Å². The topological polar surface area (TPSA) is 42.0 Å². The summed E-state index contributed by atoms with van der Waals surface area (Å²) in [5, 5.41) is 2.71. The van der Waals surface area contributed by atoms with Gasteiger partial charge in [0.15, 0.2) is 0 Å². The third kappa shape index (κ3) is 3.38. The maximum Gasteiger partial charge on any atom is 0.224 e. The highest BCUT2D eigenvalue weighted by Gasteiger charge is 2.07. The van der Waals surface area contributed by atoms with Crippen molar-refractivity contribution < 1.29 is 9.18 Å². The average Bonchev–Trinajstić information content (AvgIpc) is 2.40. The lowest BCUT2D eigenvalue weighted by Crippen LogP contribution is -2.25. The number of hydrogen-bond donors (Lipinski definition) is 1. The van der Waals surface area contributed by atoms with Gasteiger partial charge < -0.3 is 5.32 Å². The van der Waals surface area contributed by atoms with E-state index in [1.54, 1.807) is 24.4 Å². The molecule has 0 aliphatic rings. The molecule has 1 amide bonds. The van der Waals surface area contributed by atoms with Crippen LogP contribution in [0.15, 0.2) is 48.7 Å². The molecule has 3 nitrogen and oxygen atoms in total. The van der Waals surface area contributed by atoms with Crippen LogP contribution >= 0.6 is 0 Å². The molecule has 0 aliphatic heterocycles. The molecule has 0 radical (unpaired) electrons. The monoisotopic (exact) mass is 244 g/mol. The second-order valence-electron chi connectivity index (χ2n) is 3.87. The third-order valence-electron chi connectivity index (χ3n) is 2.50. The zero-order valence-corrected chi connectivity index (χ0v) is 9.77. The van der Waals surface area contributed by atoms with Gasteiger partial charge in [0, 0.05) is 6.20 Å². The zero-order chi connectivity index (χ0) is 12.8. The summed E-state index contributed by atoms with van der Waals surface area (Å²) in [5.41, 5.74) is 1.18. The quantitative estimate of drug-likeness (QED) is 0.894. The minimum absolute atomic E-state index is 0.0412. The van der Waals surface area contributed by atoms with Gasteiger partial charge in [-0.1, -0.05) is 24.3 Å². The van der Waals surface area contributed by atoms with Gasteiger partial charge in [-0.15, -0.1) is 0 Å².